The SMILES string of the molecule is C=CCN(C(=O)[C@@H]1[C@H]2C(=O)N([C@@H](CC)CO)C(C(=O)N(CC=C)C(C)C)C23CC[C@H]1O3)c1ccc(OCC)cc1. The van der Waals surface area contributed by atoms with Crippen LogP contribution in [-0.4, -0.2) is 88.8 Å². The number of amides is 3. The van der Waals surface area contributed by atoms with Gasteiger partial charge in [-0.1, -0.05) is 19.1 Å². The molecule has 1 N–H and O–H groups in total. The van der Waals surface area contributed by atoms with Crippen LogP contribution >= 0.6 is 0 Å². The van der Waals surface area contributed by atoms with Gasteiger partial charge in [-0.3, -0.25) is 14.4 Å². The van der Waals surface area contributed by atoms with Gasteiger partial charge in [-0.25, -0.2) is 0 Å². The lowest BCUT2D eigenvalue weighted by Crippen LogP contribution is -2.59. The van der Waals surface area contributed by atoms with E-state index in [9.17, 15) is 19.5 Å². The molecule has 0 saturated carbocycles. The number of aliphatic hydroxyl groups is 1. The van der Waals surface area contributed by atoms with E-state index < -0.39 is 35.6 Å². The van der Waals surface area contributed by atoms with Crippen molar-refractivity contribution in [3.8, 4) is 5.75 Å². The minimum atomic E-state index is -1.13. The van der Waals surface area contributed by atoms with Crippen LogP contribution in [0.5, 0.6) is 5.75 Å². The summed E-state index contributed by atoms with van der Waals surface area (Å²) < 4.78 is 12.2. The average molecular weight is 554 g/mol. The van der Waals surface area contributed by atoms with Gasteiger partial charge in [-0.15, -0.1) is 13.2 Å². The zero-order chi connectivity index (χ0) is 29.2. The molecule has 3 aliphatic heterocycles. The van der Waals surface area contributed by atoms with Gasteiger partial charge in [-0.05, 0) is 64.3 Å². The summed E-state index contributed by atoms with van der Waals surface area (Å²) in [5, 5.41) is 10.3. The Morgan fingerprint density at radius 1 is 1.18 bits per heavy atom. The van der Waals surface area contributed by atoms with E-state index in [4.69, 9.17) is 9.47 Å². The number of carbonyl (C=O) groups excluding carboxylic acids is 3. The molecule has 0 aromatic heterocycles. The summed E-state index contributed by atoms with van der Waals surface area (Å²) in [6.45, 7) is 16.1. The maximum atomic E-state index is 14.3. The third-order valence-corrected chi connectivity index (χ3v) is 8.60. The van der Waals surface area contributed by atoms with Crippen molar-refractivity contribution in [2.45, 2.75) is 76.8 Å². The summed E-state index contributed by atoms with van der Waals surface area (Å²) in [5.74, 6) is -1.64. The standard InChI is InChI=1S/C31H43N3O6/c1-7-17-32(20(5)6)30(38)27-31-16-15-24(40-31)25(26(31)29(37)34(27)21(9-3)19-35)28(36)33(18-8-2)22-11-13-23(14-12-22)39-10-4/h7-8,11-14,20-21,24-27,35H,1-2,9-10,15-19H2,3-6H3/t21-,24+,25-,26-,27?,31?/m0/s1. The summed E-state index contributed by atoms with van der Waals surface area (Å²) in [6.07, 6.45) is 4.38. The van der Waals surface area contributed by atoms with Crippen LogP contribution in [0.3, 0.4) is 0 Å². The van der Waals surface area contributed by atoms with Crippen molar-refractivity contribution < 1.29 is 29.0 Å². The van der Waals surface area contributed by atoms with E-state index in [-0.39, 0.29) is 36.9 Å². The topological polar surface area (TPSA) is 99.6 Å². The number of benzene rings is 1. The first-order valence-electron chi connectivity index (χ1n) is 14.4. The Kier molecular flexibility index (Phi) is 9.05. The number of likely N-dealkylation sites (tertiary alicyclic amines) is 1. The highest BCUT2D eigenvalue weighted by atomic mass is 16.5. The van der Waals surface area contributed by atoms with Gasteiger partial charge in [-0.2, -0.15) is 0 Å². The second-order valence-corrected chi connectivity index (χ2v) is 11.1. The van der Waals surface area contributed by atoms with Crippen molar-refractivity contribution in [2.75, 3.05) is 31.2 Å². The van der Waals surface area contributed by atoms with Gasteiger partial charge in [0, 0.05) is 24.8 Å². The van der Waals surface area contributed by atoms with Crippen molar-refractivity contribution in [1.29, 1.82) is 0 Å². The third kappa shape index (κ3) is 4.83. The van der Waals surface area contributed by atoms with Gasteiger partial charge < -0.3 is 29.3 Å². The molecule has 9 nitrogen and oxygen atoms in total. The molecule has 1 spiro atoms. The molecule has 40 heavy (non-hydrogen) atoms. The highest BCUT2D eigenvalue weighted by Crippen LogP contribution is 2.59. The molecule has 6 atom stereocenters. The van der Waals surface area contributed by atoms with Crippen LogP contribution in [0, 0.1) is 11.8 Å². The van der Waals surface area contributed by atoms with Crippen LogP contribution in [-0.2, 0) is 19.1 Å². The van der Waals surface area contributed by atoms with Crippen LogP contribution in [0.4, 0.5) is 5.69 Å². The minimum absolute atomic E-state index is 0.133. The van der Waals surface area contributed by atoms with Crippen LogP contribution < -0.4 is 9.64 Å². The Morgan fingerprint density at radius 2 is 1.85 bits per heavy atom. The first-order valence-corrected chi connectivity index (χ1v) is 14.4. The van der Waals surface area contributed by atoms with E-state index in [2.05, 4.69) is 13.2 Å². The Morgan fingerprint density at radius 3 is 2.40 bits per heavy atom. The molecule has 2 bridgehead atoms. The minimum Gasteiger partial charge on any atom is -0.494 e. The predicted octanol–water partition coefficient (Wildman–Crippen LogP) is 3.17. The van der Waals surface area contributed by atoms with Crippen molar-refractivity contribution in [3.05, 3.63) is 49.6 Å². The van der Waals surface area contributed by atoms with Gasteiger partial charge in [0.2, 0.25) is 17.7 Å². The Labute approximate surface area is 237 Å². The molecule has 3 fully saturated rings. The fourth-order valence-corrected chi connectivity index (χ4v) is 6.83. The van der Waals surface area contributed by atoms with Crippen molar-refractivity contribution >= 4 is 23.4 Å². The number of rotatable bonds is 13. The molecule has 0 radical (unpaired) electrons. The first kappa shape index (κ1) is 29.8. The molecule has 3 aliphatic rings. The van der Waals surface area contributed by atoms with Gasteiger partial charge in [0.05, 0.1) is 37.2 Å². The number of anilines is 1. The monoisotopic (exact) mass is 553 g/mol. The largest absolute Gasteiger partial charge is 0.494 e. The number of hydrogen-bond donors (Lipinski definition) is 1. The third-order valence-electron chi connectivity index (χ3n) is 8.60. The summed E-state index contributed by atoms with van der Waals surface area (Å²) >= 11 is 0. The number of fused-ring (bicyclic) bond motifs is 1. The van der Waals surface area contributed by atoms with Crippen LogP contribution in [0.15, 0.2) is 49.6 Å². The summed E-state index contributed by atoms with van der Waals surface area (Å²) in [7, 11) is 0. The lowest BCUT2D eigenvalue weighted by atomic mass is 9.70. The molecular weight excluding hydrogens is 510 g/mol. The molecule has 3 heterocycles. The molecular formula is C31H43N3O6. The number of hydrogen-bond acceptors (Lipinski definition) is 6. The Balaban J connectivity index is 1.76. The number of nitrogens with zero attached hydrogens (tertiary/aromatic N) is 3. The molecule has 4 rings (SSSR count). The maximum absolute atomic E-state index is 14.3. The van der Waals surface area contributed by atoms with E-state index in [1.54, 1.807) is 22.0 Å². The van der Waals surface area contributed by atoms with E-state index >= 15 is 0 Å². The van der Waals surface area contributed by atoms with Gasteiger partial charge >= 0.3 is 0 Å². The molecule has 1 aromatic rings. The summed E-state index contributed by atoms with van der Waals surface area (Å²) in [4.78, 5) is 47.6. The number of ether oxygens (including phenoxy) is 2. The average Bonchev–Trinajstić information content (AvgIpc) is 3.59. The summed E-state index contributed by atoms with van der Waals surface area (Å²) in [6, 6.07) is 5.64. The van der Waals surface area contributed by atoms with Crippen LogP contribution in [0.25, 0.3) is 0 Å². The smallest absolute Gasteiger partial charge is 0.248 e. The highest BCUT2D eigenvalue weighted by molar-refractivity contribution is 6.03. The number of aliphatic hydroxyl groups excluding tert-OH is 1. The van der Waals surface area contributed by atoms with E-state index in [0.29, 0.717) is 43.9 Å². The predicted molar refractivity (Wildman–Crippen MR) is 153 cm³/mol. The molecule has 218 valence electrons. The fourth-order valence-electron chi connectivity index (χ4n) is 6.83. The second-order valence-electron chi connectivity index (χ2n) is 11.1. The second kappa shape index (κ2) is 12.1. The Hall–Kier alpha value is -3.17. The van der Waals surface area contributed by atoms with Crippen molar-refractivity contribution in [1.82, 2.24) is 9.80 Å². The lowest BCUT2D eigenvalue weighted by Gasteiger charge is -2.40. The molecule has 9 heteroatoms. The quantitative estimate of drug-likeness (QED) is 0.377. The zero-order valence-electron chi connectivity index (χ0n) is 24.1. The molecule has 0 aliphatic carbocycles. The van der Waals surface area contributed by atoms with Gasteiger partial charge in [0.25, 0.3) is 0 Å². The van der Waals surface area contributed by atoms with Crippen LogP contribution in [0.1, 0.15) is 47.0 Å². The van der Waals surface area contributed by atoms with E-state index in [0.717, 1.165) is 0 Å². The van der Waals surface area contributed by atoms with Crippen LogP contribution in [0.2, 0.25) is 0 Å². The van der Waals surface area contributed by atoms with Gasteiger partial charge in [0.1, 0.15) is 17.4 Å². The number of carbonyl (C=O) groups is 3. The van der Waals surface area contributed by atoms with E-state index in [1.807, 2.05) is 52.0 Å². The van der Waals surface area contributed by atoms with Crippen molar-refractivity contribution in [3.63, 3.8) is 0 Å². The maximum Gasteiger partial charge on any atom is 0.248 e. The molecule has 3 amide bonds. The van der Waals surface area contributed by atoms with E-state index in [1.165, 1.54) is 4.90 Å². The zero-order valence-corrected chi connectivity index (χ0v) is 24.1. The highest BCUT2D eigenvalue weighted by Gasteiger charge is 2.75. The Bertz CT molecular complexity index is 1120. The summed E-state index contributed by atoms with van der Waals surface area (Å²) in [5.41, 5.74) is -0.465. The van der Waals surface area contributed by atoms with Gasteiger partial charge in [0.15, 0.2) is 0 Å². The normalized spacial score (nSPS) is 27.4. The fraction of sp³-hybridized carbons (Fsp3) is 0.581. The lowest BCUT2D eigenvalue weighted by molar-refractivity contribution is -0.152. The molecule has 3 saturated heterocycles. The van der Waals surface area contributed by atoms with Crippen molar-refractivity contribution in [2.24, 2.45) is 11.8 Å². The molecule has 1 aromatic carbocycles. The first-order chi connectivity index (χ1) is 19.2. The molecule has 2 unspecified atom stereocenters.